The highest BCUT2D eigenvalue weighted by molar-refractivity contribution is 7.80. The molecule has 0 spiro atoms. The SMILES string of the molecule is CCn1c(C)cc([C@H]2[C@@H](c3ccccn3)NC(=S)N2CCC(=O)Nc2ccc(F)cc2)c1C. The van der Waals surface area contributed by atoms with Gasteiger partial charge in [0, 0.05) is 42.8 Å². The summed E-state index contributed by atoms with van der Waals surface area (Å²) in [5, 5.41) is 6.86. The van der Waals surface area contributed by atoms with Crippen LogP contribution in [0.2, 0.25) is 0 Å². The van der Waals surface area contributed by atoms with Crippen LogP contribution in [0.3, 0.4) is 0 Å². The summed E-state index contributed by atoms with van der Waals surface area (Å²) in [6.07, 6.45) is 2.03. The van der Waals surface area contributed by atoms with Crippen molar-refractivity contribution in [3.8, 4) is 0 Å². The van der Waals surface area contributed by atoms with Gasteiger partial charge in [0.2, 0.25) is 5.91 Å². The molecule has 1 aliphatic heterocycles. The van der Waals surface area contributed by atoms with Crippen molar-refractivity contribution in [1.82, 2.24) is 19.8 Å². The van der Waals surface area contributed by atoms with Gasteiger partial charge in [0.1, 0.15) is 5.82 Å². The van der Waals surface area contributed by atoms with Gasteiger partial charge in [-0.25, -0.2) is 4.39 Å². The van der Waals surface area contributed by atoms with Gasteiger partial charge in [0.05, 0.1) is 17.8 Å². The Balaban J connectivity index is 1.59. The maximum absolute atomic E-state index is 13.1. The Morgan fingerprint density at radius 3 is 2.61 bits per heavy atom. The number of nitrogens with zero attached hydrogens (tertiary/aromatic N) is 3. The number of hydrogen-bond acceptors (Lipinski definition) is 3. The summed E-state index contributed by atoms with van der Waals surface area (Å²) in [6.45, 7) is 7.70. The van der Waals surface area contributed by atoms with Gasteiger partial charge in [-0.2, -0.15) is 0 Å². The van der Waals surface area contributed by atoms with E-state index in [0.29, 0.717) is 17.3 Å². The van der Waals surface area contributed by atoms with Gasteiger partial charge >= 0.3 is 0 Å². The van der Waals surface area contributed by atoms with Crippen LogP contribution in [0, 0.1) is 19.7 Å². The molecule has 4 rings (SSSR count). The molecule has 6 nitrogen and oxygen atoms in total. The lowest BCUT2D eigenvalue weighted by atomic mass is 9.96. The van der Waals surface area contributed by atoms with Crippen LogP contribution in [0.5, 0.6) is 0 Å². The number of amides is 1. The molecule has 0 radical (unpaired) electrons. The molecular weight excluding hydrogens is 437 g/mol. The number of aryl methyl sites for hydroxylation is 1. The second-order valence-electron chi connectivity index (χ2n) is 8.20. The molecule has 0 unspecified atom stereocenters. The minimum atomic E-state index is -0.338. The average Bonchev–Trinajstić information content (AvgIpc) is 3.29. The molecule has 3 heterocycles. The van der Waals surface area contributed by atoms with Crippen LogP contribution in [0.25, 0.3) is 0 Å². The highest BCUT2D eigenvalue weighted by Crippen LogP contribution is 2.40. The van der Waals surface area contributed by atoms with Crippen molar-refractivity contribution in [1.29, 1.82) is 0 Å². The van der Waals surface area contributed by atoms with E-state index in [0.717, 1.165) is 12.2 Å². The summed E-state index contributed by atoms with van der Waals surface area (Å²) in [6, 6.07) is 13.6. The molecule has 33 heavy (non-hydrogen) atoms. The van der Waals surface area contributed by atoms with E-state index in [4.69, 9.17) is 12.2 Å². The van der Waals surface area contributed by atoms with Crippen LogP contribution in [-0.2, 0) is 11.3 Å². The fraction of sp³-hybridized carbons (Fsp3) is 0.320. The lowest BCUT2D eigenvalue weighted by Crippen LogP contribution is -2.32. The number of benzene rings is 1. The molecule has 1 fully saturated rings. The van der Waals surface area contributed by atoms with E-state index in [2.05, 4.69) is 51.9 Å². The molecule has 3 aromatic rings. The Morgan fingerprint density at radius 2 is 1.97 bits per heavy atom. The quantitative estimate of drug-likeness (QED) is 0.497. The average molecular weight is 466 g/mol. The van der Waals surface area contributed by atoms with Crippen molar-refractivity contribution in [3.05, 3.63) is 83.2 Å². The third-order valence-electron chi connectivity index (χ3n) is 6.15. The monoisotopic (exact) mass is 465 g/mol. The molecule has 172 valence electrons. The lowest BCUT2D eigenvalue weighted by Gasteiger charge is -2.28. The number of hydrogen-bond donors (Lipinski definition) is 2. The van der Waals surface area contributed by atoms with E-state index in [9.17, 15) is 9.18 Å². The third-order valence-corrected chi connectivity index (χ3v) is 6.51. The number of carbonyl (C=O) groups excluding carboxylic acids is 1. The molecular formula is C25H28FN5OS. The summed E-state index contributed by atoms with van der Waals surface area (Å²) >= 11 is 5.71. The standard InChI is InChI=1S/C25H28FN5OS/c1-4-30-16(2)15-20(17(30)3)24-23(21-7-5-6-13-27-21)29-25(33)31(24)14-12-22(32)28-19-10-8-18(26)9-11-19/h5-11,13,15,23-24H,4,12,14H2,1-3H3,(H,28,32)(H,29,33)/t23-,24+/m1/s1. The number of pyridine rings is 1. The first-order valence-corrected chi connectivity index (χ1v) is 11.5. The van der Waals surface area contributed by atoms with Crippen molar-refractivity contribution in [2.75, 3.05) is 11.9 Å². The number of nitrogens with one attached hydrogen (secondary N) is 2. The van der Waals surface area contributed by atoms with Gasteiger partial charge in [-0.05, 0) is 81.0 Å². The zero-order chi connectivity index (χ0) is 23.5. The van der Waals surface area contributed by atoms with Crippen LogP contribution in [0.1, 0.15) is 48.1 Å². The zero-order valence-corrected chi connectivity index (χ0v) is 19.8. The fourth-order valence-electron chi connectivity index (χ4n) is 4.58. The minimum Gasteiger partial charge on any atom is -0.352 e. The van der Waals surface area contributed by atoms with Crippen molar-refractivity contribution < 1.29 is 9.18 Å². The number of rotatable bonds is 7. The maximum atomic E-state index is 13.1. The van der Waals surface area contributed by atoms with E-state index in [-0.39, 0.29) is 30.2 Å². The molecule has 1 saturated heterocycles. The second-order valence-corrected chi connectivity index (χ2v) is 8.58. The molecule has 2 N–H and O–H groups in total. The van der Waals surface area contributed by atoms with Crippen LogP contribution >= 0.6 is 12.2 Å². The summed E-state index contributed by atoms with van der Waals surface area (Å²) in [5.41, 5.74) is 5.03. The first-order valence-electron chi connectivity index (χ1n) is 11.1. The topological polar surface area (TPSA) is 62.2 Å². The van der Waals surface area contributed by atoms with Gasteiger partial charge < -0.3 is 20.1 Å². The van der Waals surface area contributed by atoms with Crippen LogP contribution in [0.15, 0.2) is 54.7 Å². The van der Waals surface area contributed by atoms with Crippen molar-refractivity contribution in [2.24, 2.45) is 0 Å². The summed E-state index contributed by atoms with van der Waals surface area (Å²) < 4.78 is 15.4. The fourth-order valence-corrected chi connectivity index (χ4v) is 4.91. The summed E-state index contributed by atoms with van der Waals surface area (Å²) in [4.78, 5) is 19.3. The van der Waals surface area contributed by atoms with Crippen molar-refractivity contribution in [3.63, 3.8) is 0 Å². The Labute approximate surface area is 198 Å². The van der Waals surface area contributed by atoms with Crippen LogP contribution in [-0.4, -0.2) is 32.0 Å². The van der Waals surface area contributed by atoms with Gasteiger partial charge in [-0.15, -0.1) is 0 Å². The Hall–Kier alpha value is -3.26. The first-order chi connectivity index (χ1) is 15.9. The molecule has 1 amide bonds. The van der Waals surface area contributed by atoms with Gasteiger partial charge in [-0.1, -0.05) is 6.07 Å². The third kappa shape index (κ3) is 4.75. The van der Waals surface area contributed by atoms with Crippen molar-refractivity contribution in [2.45, 2.75) is 45.8 Å². The number of aromatic nitrogens is 2. The Bertz CT molecular complexity index is 1150. The largest absolute Gasteiger partial charge is 0.352 e. The Morgan fingerprint density at radius 1 is 1.21 bits per heavy atom. The molecule has 0 bridgehead atoms. The molecule has 1 aromatic carbocycles. The van der Waals surface area contributed by atoms with Gasteiger partial charge in [0.15, 0.2) is 5.11 Å². The summed E-state index contributed by atoms with van der Waals surface area (Å²) in [5.74, 6) is -0.488. The molecule has 2 aromatic heterocycles. The lowest BCUT2D eigenvalue weighted by molar-refractivity contribution is -0.116. The van der Waals surface area contributed by atoms with Crippen molar-refractivity contribution >= 4 is 28.9 Å². The number of thiocarbonyl (C=S) groups is 1. The van der Waals surface area contributed by atoms with E-state index < -0.39 is 0 Å². The highest BCUT2D eigenvalue weighted by atomic mass is 32.1. The number of anilines is 1. The number of halogens is 1. The van der Waals surface area contributed by atoms with Crippen LogP contribution < -0.4 is 10.6 Å². The molecule has 2 atom stereocenters. The van der Waals surface area contributed by atoms with Gasteiger partial charge in [0.25, 0.3) is 0 Å². The van der Waals surface area contributed by atoms with E-state index in [1.54, 1.807) is 18.3 Å². The maximum Gasteiger partial charge on any atom is 0.226 e. The van der Waals surface area contributed by atoms with E-state index >= 15 is 0 Å². The number of carbonyl (C=O) groups is 1. The normalized spacial score (nSPS) is 17.8. The summed E-state index contributed by atoms with van der Waals surface area (Å²) in [7, 11) is 0. The molecule has 0 aliphatic carbocycles. The second kappa shape index (κ2) is 9.70. The zero-order valence-electron chi connectivity index (χ0n) is 19.0. The molecule has 0 saturated carbocycles. The molecule has 8 heteroatoms. The predicted molar refractivity (Wildman–Crippen MR) is 131 cm³/mol. The smallest absolute Gasteiger partial charge is 0.226 e. The minimum absolute atomic E-state index is 0.0856. The highest BCUT2D eigenvalue weighted by Gasteiger charge is 2.41. The van der Waals surface area contributed by atoms with Crippen LogP contribution in [0.4, 0.5) is 10.1 Å². The van der Waals surface area contributed by atoms with E-state index in [1.807, 2.05) is 18.2 Å². The first kappa shape index (κ1) is 22.9. The molecule has 1 aliphatic rings. The van der Waals surface area contributed by atoms with Gasteiger partial charge in [-0.3, -0.25) is 9.78 Å². The Kier molecular flexibility index (Phi) is 6.74. The predicted octanol–water partition coefficient (Wildman–Crippen LogP) is 4.66. The van der Waals surface area contributed by atoms with E-state index in [1.165, 1.54) is 29.1 Å².